The van der Waals surface area contributed by atoms with Crippen LogP contribution in [0.15, 0.2) is 12.1 Å². The van der Waals surface area contributed by atoms with Gasteiger partial charge in [0.1, 0.15) is 17.8 Å². The van der Waals surface area contributed by atoms with Crippen LogP contribution >= 0.6 is 11.6 Å². The van der Waals surface area contributed by atoms with Gasteiger partial charge < -0.3 is 9.53 Å². The zero-order valence-electron chi connectivity index (χ0n) is 10.4. The van der Waals surface area contributed by atoms with Gasteiger partial charge in [0.15, 0.2) is 5.82 Å². The van der Waals surface area contributed by atoms with Crippen molar-refractivity contribution in [1.82, 2.24) is 0 Å². The first kappa shape index (κ1) is 16.0. The number of esters is 1. The molecule has 0 aliphatic rings. The Hall–Kier alpha value is -2.02. The molecule has 1 aromatic rings. The molecule has 20 heavy (non-hydrogen) atoms. The van der Waals surface area contributed by atoms with Crippen LogP contribution in [0.5, 0.6) is 0 Å². The molecule has 1 rings (SSSR count). The highest BCUT2D eigenvalue weighted by Crippen LogP contribution is 2.29. The Kier molecular flexibility index (Phi) is 5.57. The molecule has 5 nitrogen and oxygen atoms in total. The second kappa shape index (κ2) is 6.95. The number of amides is 1. The maximum atomic E-state index is 13.8. The first-order valence-corrected chi connectivity index (χ1v) is 5.87. The van der Waals surface area contributed by atoms with Gasteiger partial charge >= 0.3 is 11.9 Å². The van der Waals surface area contributed by atoms with E-state index in [4.69, 9.17) is 11.6 Å². The summed E-state index contributed by atoms with van der Waals surface area (Å²) < 4.78 is 31.9. The van der Waals surface area contributed by atoms with Crippen LogP contribution in [0.3, 0.4) is 0 Å². The number of rotatable bonds is 4. The lowest BCUT2D eigenvalue weighted by Crippen LogP contribution is -2.40. The van der Waals surface area contributed by atoms with Crippen LogP contribution in [0.2, 0.25) is 5.02 Å². The molecular formula is C12H10ClF2NO4. The monoisotopic (exact) mass is 305 g/mol. The van der Waals surface area contributed by atoms with E-state index >= 15 is 0 Å². The van der Waals surface area contributed by atoms with Crippen LogP contribution in [0.25, 0.3) is 0 Å². The topological polar surface area (TPSA) is 63.7 Å². The summed E-state index contributed by atoms with van der Waals surface area (Å²) in [6, 6.07) is 1.76. The smallest absolute Gasteiger partial charge is 0.397 e. The molecule has 0 aliphatic heterocycles. The normalized spacial score (nSPS) is 10.0. The third-order valence-electron chi connectivity index (χ3n) is 2.24. The van der Waals surface area contributed by atoms with Gasteiger partial charge in [-0.15, -0.1) is 0 Å². The second-order valence-electron chi connectivity index (χ2n) is 3.49. The molecule has 0 heterocycles. The molecule has 1 aromatic carbocycles. The average Bonchev–Trinajstić information content (AvgIpc) is 2.42. The first-order chi connectivity index (χ1) is 9.43. The van der Waals surface area contributed by atoms with Gasteiger partial charge in [-0.3, -0.25) is 9.69 Å². The lowest BCUT2D eigenvalue weighted by atomic mass is 10.2. The van der Waals surface area contributed by atoms with E-state index in [9.17, 15) is 23.2 Å². The summed E-state index contributed by atoms with van der Waals surface area (Å²) >= 11 is 5.49. The highest BCUT2D eigenvalue weighted by molar-refractivity contribution is 6.38. The van der Waals surface area contributed by atoms with E-state index < -0.39 is 40.8 Å². The highest BCUT2D eigenvalue weighted by Gasteiger charge is 2.29. The van der Waals surface area contributed by atoms with E-state index in [1.54, 1.807) is 0 Å². The van der Waals surface area contributed by atoms with Crippen molar-refractivity contribution < 1.29 is 27.9 Å². The largest absolute Gasteiger partial charge is 0.459 e. The second-order valence-corrected chi connectivity index (χ2v) is 3.90. The third-order valence-corrected chi connectivity index (χ3v) is 2.53. The zero-order chi connectivity index (χ0) is 15.3. The molecule has 0 aliphatic carbocycles. The van der Waals surface area contributed by atoms with Gasteiger partial charge in [-0.1, -0.05) is 11.6 Å². The minimum Gasteiger partial charge on any atom is -0.459 e. The molecule has 108 valence electrons. The summed E-state index contributed by atoms with van der Waals surface area (Å²) in [5.74, 6) is -5.07. The fourth-order valence-corrected chi connectivity index (χ4v) is 1.57. The maximum absolute atomic E-state index is 13.8. The van der Waals surface area contributed by atoms with Crippen molar-refractivity contribution in [1.29, 1.82) is 0 Å². The molecule has 0 N–H and O–H groups in total. The molecule has 0 saturated carbocycles. The van der Waals surface area contributed by atoms with Crippen LogP contribution in [-0.4, -0.2) is 31.3 Å². The summed E-state index contributed by atoms with van der Waals surface area (Å²) in [6.45, 7) is 0.641. The molecule has 0 spiro atoms. The van der Waals surface area contributed by atoms with Crippen LogP contribution < -0.4 is 4.90 Å². The Morgan fingerprint density at radius 3 is 2.60 bits per heavy atom. The molecule has 0 radical (unpaired) electrons. The molecular weight excluding hydrogens is 296 g/mol. The molecule has 1 amide bonds. The fraction of sp³-hybridized carbons (Fsp3) is 0.250. The van der Waals surface area contributed by atoms with Crippen LogP contribution in [0, 0.1) is 11.6 Å². The van der Waals surface area contributed by atoms with E-state index in [0.29, 0.717) is 4.90 Å². The van der Waals surface area contributed by atoms with E-state index in [-0.39, 0.29) is 12.9 Å². The van der Waals surface area contributed by atoms with Gasteiger partial charge in [0.05, 0.1) is 18.2 Å². The van der Waals surface area contributed by atoms with Crippen molar-refractivity contribution in [3.05, 3.63) is 28.8 Å². The number of nitrogens with zero attached hydrogens (tertiary/aromatic N) is 1. The Labute approximate surface area is 118 Å². The molecule has 0 saturated heterocycles. The Bertz CT molecular complexity index is 551. The predicted molar refractivity (Wildman–Crippen MR) is 66.4 cm³/mol. The highest BCUT2D eigenvalue weighted by atomic mass is 35.5. The van der Waals surface area contributed by atoms with E-state index in [1.807, 2.05) is 0 Å². The third kappa shape index (κ3) is 3.30. The standard InChI is InChI=1S/C12H10ClF2NO4/c1-2-20-12(19)11(18)16(5-6-17)10-8(14)4-3-7(13)9(10)15/h3-4,6H,2,5H2,1H3. The average molecular weight is 306 g/mol. The van der Waals surface area contributed by atoms with Gasteiger partial charge in [-0.25, -0.2) is 13.6 Å². The number of ether oxygens (including phenoxy) is 1. The molecule has 0 fully saturated rings. The van der Waals surface area contributed by atoms with Gasteiger partial charge in [0, 0.05) is 0 Å². The van der Waals surface area contributed by atoms with Crippen LogP contribution in [-0.2, 0) is 19.1 Å². The minimum absolute atomic E-state index is 0.0972. The number of hydrogen-bond acceptors (Lipinski definition) is 4. The molecule has 8 heteroatoms. The van der Waals surface area contributed by atoms with Crippen molar-refractivity contribution in [3.63, 3.8) is 0 Å². The number of hydrogen-bond donors (Lipinski definition) is 0. The minimum atomic E-state index is -1.36. The molecule has 0 atom stereocenters. The SMILES string of the molecule is CCOC(=O)C(=O)N(CC=O)c1c(F)ccc(Cl)c1F. The van der Waals surface area contributed by atoms with Crippen LogP contribution in [0.1, 0.15) is 6.92 Å². The number of halogens is 3. The zero-order valence-corrected chi connectivity index (χ0v) is 11.1. The maximum Gasteiger partial charge on any atom is 0.397 e. The van der Waals surface area contributed by atoms with Crippen molar-refractivity contribution in [2.45, 2.75) is 6.92 Å². The van der Waals surface area contributed by atoms with Gasteiger partial charge in [-0.05, 0) is 19.1 Å². The molecule has 0 bridgehead atoms. The van der Waals surface area contributed by atoms with E-state index in [0.717, 1.165) is 12.1 Å². The lowest BCUT2D eigenvalue weighted by Gasteiger charge is -2.20. The molecule has 0 unspecified atom stereocenters. The summed E-state index contributed by atoms with van der Waals surface area (Å²) in [5, 5.41) is -0.450. The predicted octanol–water partition coefficient (Wildman–Crippen LogP) is 1.71. The van der Waals surface area contributed by atoms with Crippen molar-refractivity contribution in [2.75, 3.05) is 18.1 Å². The van der Waals surface area contributed by atoms with E-state index in [2.05, 4.69) is 4.74 Å². The number of aldehydes is 1. The number of anilines is 1. The van der Waals surface area contributed by atoms with Gasteiger partial charge in [-0.2, -0.15) is 0 Å². The van der Waals surface area contributed by atoms with Crippen molar-refractivity contribution in [3.8, 4) is 0 Å². The summed E-state index contributed by atoms with van der Waals surface area (Å²) in [6.07, 6.45) is 0.219. The fourth-order valence-electron chi connectivity index (χ4n) is 1.42. The lowest BCUT2D eigenvalue weighted by molar-refractivity contribution is -0.153. The quantitative estimate of drug-likeness (QED) is 0.368. The Morgan fingerprint density at radius 1 is 1.40 bits per heavy atom. The summed E-state index contributed by atoms with van der Waals surface area (Å²) in [4.78, 5) is 34.0. The number of carbonyl (C=O) groups is 3. The molecule has 0 aromatic heterocycles. The van der Waals surface area contributed by atoms with Crippen molar-refractivity contribution in [2.24, 2.45) is 0 Å². The van der Waals surface area contributed by atoms with Crippen molar-refractivity contribution >= 4 is 35.5 Å². The van der Waals surface area contributed by atoms with Crippen LogP contribution in [0.4, 0.5) is 14.5 Å². The number of carbonyl (C=O) groups excluding carboxylic acids is 3. The van der Waals surface area contributed by atoms with Gasteiger partial charge in [0.2, 0.25) is 0 Å². The number of benzene rings is 1. The first-order valence-electron chi connectivity index (χ1n) is 5.49. The van der Waals surface area contributed by atoms with E-state index in [1.165, 1.54) is 6.92 Å². The summed E-state index contributed by atoms with van der Waals surface area (Å²) in [5.41, 5.74) is -0.873. The Morgan fingerprint density at radius 2 is 2.05 bits per heavy atom. The van der Waals surface area contributed by atoms with Gasteiger partial charge in [0.25, 0.3) is 0 Å². The Balaban J connectivity index is 3.27. The summed E-state index contributed by atoms with van der Waals surface area (Å²) in [7, 11) is 0.